The van der Waals surface area contributed by atoms with Gasteiger partial charge in [0.15, 0.2) is 0 Å². The maximum absolute atomic E-state index is 11.9. The molecule has 0 spiro atoms. The molecule has 2 fully saturated rings. The molecule has 2 atom stereocenters. The Kier molecular flexibility index (Phi) is 6.97. The van der Waals surface area contributed by atoms with Crippen molar-refractivity contribution in [1.29, 1.82) is 0 Å². The Morgan fingerprint density at radius 2 is 2.06 bits per heavy atom. The molecule has 0 saturated carbocycles. The van der Waals surface area contributed by atoms with E-state index in [4.69, 9.17) is 4.74 Å². The lowest BCUT2D eigenvalue weighted by Crippen LogP contribution is -2.52. The number of amides is 1. The Morgan fingerprint density at radius 3 is 2.72 bits per heavy atom. The zero-order valence-corrected chi connectivity index (χ0v) is 11.9. The van der Waals surface area contributed by atoms with Crippen LogP contribution in [0.1, 0.15) is 39.0 Å². The minimum Gasteiger partial charge on any atom is -0.381 e. The number of nitrogens with one attached hydrogen (secondary N) is 2. The van der Waals surface area contributed by atoms with Crippen LogP contribution in [0.3, 0.4) is 0 Å². The highest BCUT2D eigenvalue weighted by Gasteiger charge is 2.24. The van der Waals surface area contributed by atoms with Crippen LogP contribution in [0.4, 0.5) is 0 Å². The Bertz CT molecular complexity index is 257. The van der Waals surface area contributed by atoms with Crippen LogP contribution in [0.25, 0.3) is 0 Å². The predicted octanol–water partition coefficient (Wildman–Crippen LogP) is 1.48. The molecule has 2 rings (SSSR count). The molecule has 0 aliphatic carbocycles. The topological polar surface area (TPSA) is 50.4 Å². The molecule has 2 heterocycles. The Balaban J connectivity index is 0.00000162. The summed E-state index contributed by atoms with van der Waals surface area (Å²) >= 11 is 0. The van der Waals surface area contributed by atoms with Gasteiger partial charge in [0.2, 0.25) is 5.91 Å². The van der Waals surface area contributed by atoms with Crippen molar-refractivity contribution >= 4 is 18.3 Å². The van der Waals surface area contributed by atoms with Gasteiger partial charge < -0.3 is 15.4 Å². The standard InChI is InChI=1S/C13H24N2O2.ClH/c1-10-12(3-2-6-14-10)15-13(16)9-11-4-7-17-8-5-11;/h10-12,14H,2-9H2,1H3,(H,15,16);1H. The highest BCUT2D eigenvalue weighted by atomic mass is 35.5. The van der Waals surface area contributed by atoms with Crippen LogP contribution in [0.2, 0.25) is 0 Å². The maximum Gasteiger partial charge on any atom is 0.220 e. The summed E-state index contributed by atoms with van der Waals surface area (Å²) in [5.74, 6) is 0.744. The van der Waals surface area contributed by atoms with E-state index in [1.54, 1.807) is 0 Å². The third kappa shape index (κ3) is 4.75. The van der Waals surface area contributed by atoms with E-state index >= 15 is 0 Å². The van der Waals surface area contributed by atoms with Crippen LogP contribution >= 0.6 is 12.4 Å². The van der Waals surface area contributed by atoms with Crippen molar-refractivity contribution in [2.75, 3.05) is 19.8 Å². The predicted molar refractivity (Wildman–Crippen MR) is 74.0 cm³/mol. The van der Waals surface area contributed by atoms with Gasteiger partial charge in [0.05, 0.1) is 0 Å². The van der Waals surface area contributed by atoms with Crippen molar-refractivity contribution in [1.82, 2.24) is 10.6 Å². The van der Waals surface area contributed by atoms with E-state index in [0.717, 1.165) is 45.4 Å². The SMILES string of the molecule is CC1NCCCC1NC(=O)CC1CCOCC1.Cl. The van der Waals surface area contributed by atoms with Crippen molar-refractivity contribution in [3.05, 3.63) is 0 Å². The third-order valence-corrected chi connectivity index (χ3v) is 3.92. The highest BCUT2D eigenvalue weighted by molar-refractivity contribution is 5.85. The van der Waals surface area contributed by atoms with Crippen LogP contribution in [-0.2, 0) is 9.53 Å². The largest absolute Gasteiger partial charge is 0.381 e. The van der Waals surface area contributed by atoms with E-state index in [1.165, 1.54) is 0 Å². The Labute approximate surface area is 116 Å². The number of piperidine rings is 1. The van der Waals surface area contributed by atoms with Gasteiger partial charge in [-0.05, 0) is 45.1 Å². The first kappa shape index (κ1) is 15.7. The number of rotatable bonds is 3. The molecule has 0 bridgehead atoms. The second-order valence-corrected chi connectivity index (χ2v) is 5.32. The van der Waals surface area contributed by atoms with Crippen molar-refractivity contribution in [2.24, 2.45) is 5.92 Å². The molecule has 0 aromatic heterocycles. The van der Waals surface area contributed by atoms with E-state index in [2.05, 4.69) is 17.6 Å². The summed E-state index contributed by atoms with van der Waals surface area (Å²) in [5.41, 5.74) is 0. The first-order valence-corrected chi connectivity index (χ1v) is 6.86. The number of hydrogen-bond donors (Lipinski definition) is 2. The lowest BCUT2D eigenvalue weighted by molar-refractivity contribution is -0.123. The molecule has 2 unspecified atom stereocenters. The third-order valence-electron chi connectivity index (χ3n) is 3.92. The molecule has 0 aromatic rings. The Hall–Kier alpha value is -0.320. The molecule has 2 saturated heterocycles. The van der Waals surface area contributed by atoms with Gasteiger partial charge >= 0.3 is 0 Å². The van der Waals surface area contributed by atoms with Gasteiger partial charge in [0.25, 0.3) is 0 Å². The summed E-state index contributed by atoms with van der Waals surface area (Å²) in [4.78, 5) is 11.9. The summed E-state index contributed by atoms with van der Waals surface area (Å²) in [6, 6.07) is 0.721. The molecule has 5 heteroatoms. The molecular weight excluding hydrogens is 252 g/mol. The molecule has 4 nitrogen and oxygen atoms in total. The van der Waals surface area contributed by atoms with Gasteiger partial charge in [0, 0.05) is 31.7 Å². The molecule has 106 valence electrons. The second-order valence-electron chi connectivity index (χ2n) is 5.32. The Morgan fingerprint density at radius 1 is 1.33 bits per heavy atom. The van der Waals surface area contributed by atoms with E-state index < -0.39 is 0 Å². The number of ether oxygens (including phenoxy) is 1. The van der Waals surface area contributed by atoms with Crippen molar-refractivity contribution in [3.8, 4) is 0 Å². The lowest BCUT2D eigenvalue weighted by Gasteiger charge is -2.31. The molecule has 18 heavy (non-hydrogen) atoms. The molecule has 1 amide bonds. The first-order chi connectivity index (χ1) is 8.25. The smallest absolute Gasteiger partial charge is 0.220 e. The first-order valence-electron chi connectivity index (χ1n) is 6.86. The van der Waals surface area contributed by atoms with Crippen LogP contribution in [-0.4, -0.2) is 37.7 Å². The van der Waals surface area contributed by atoms with Gasteiger partial charge in [-0.3, -0.25) is 4.79 Å². The molecule has 2 N–H and O–H groups in total. The van der Waals surface area contributed by atoms with Crippen molar-refractivity contribution in [2.45, 2.75) is 51.1 Å². The minimum atomic E-state index is 0. The zero-order valence-electron chi connectivity index (χ0n) is 11.1. The van der Waals surface area contributed by atoms with Crippen LogP contribution in [0.5, 0.6) is 0 Å². The van der Waals surface area contributed by atoms with Gasteiger partial charge in [-0.2, -0.15) is 0 Å². The van der Waals surface area contributed by atoms with Crippen molar-refractivity contribution in [3.63, 3.8) is 0 Å². The fourth-order valence-corrected chi connectivity index (χ4v) is 2.72. The number of carbonyl (C=O) groups excluding carboxylic acids is 1. The minimum absolute atomic E-state index is 0. The summed E-state index contributed by atoms with van der Waals surface area (Å²) < 4.78 is 5.31. The second kappa shape index (κ2) is 7.97. The van der Waals surface area contributed by atoms with Crippen LogP contribution in [0, 0.1) is 5.92 Å². The fraction of sp³-hybridized carbons (Fsp3) is 0.923. The van der Waals surface area contributed by atoms with Crippen molar-refractivity contribution < 1.29 is 9.53 Å². The van der Waals surface area contributed by atoms with Crippen LogP contribution < -0.4 is 10.6 Å². The van der Waals surface area contributed by atoms with Gasteiger partial charge in [0.1, 0.15) is 0 Å². The fourth-order valence-electron chi connectivity index (χ4n) is 2.72. The van der Waals surface area contributed by atoms with E-state index in [-0.39, 0.29) is 18.3 Å². The highest BCUT2D eigenvalue weighted by Crippen LogP contribution is 2.18. The summed E-state index contributed by atoms with van der Waals surface area (Å²) in [6.07, 6.45) is 5.00. The van der Waals surface area contributed by atoms with Gasteiger partial charge in [-0.25, -0.2) is 0 Å². The average Bonchev–Trinajstić information content (AvgIpc) is 2.33. The number of hydrogen-bond acceptors (Lipinski definition) is 3. The average molecular weight is 277 g/mol. The number of halogens is 1. The van der Waals surface area contributed by atoms with E-state index in [1.807, 2.05) is 0 Å². The maximum atomic E-state index is 11.9. The monoisotopic (exact) mass is 276 g/mol. The summed E-state index contributed by atoms with van der Waals surface area (Å²) in [5, 5.41) is 6.58. The van der Waals surface area contributed by atoms with Crippen LogP contribution in [0.15, 0.2) is 0 Å². The summed E-state index contributed by atoms with van der Waals surface area (Å²) in [6.45, 7) is 4.87. The van der Waals surface area contributed by atoms with Gasteiger partial charge in [-0.1, -0.05) is 0 Å². The zero-order chi connectivity index (χ0) is 12.1. The quantitative estimate of drug-likeness (QED) is 0.821. The van der Waals surface area contributed by atoms with E-state index in [0.29, 0.717) is 24.4 Å². The lowest BCUT2D eigenvalue weighted by atomic mass is 9.95. The number of carbonyl (C=O) groups is 1. The molecular formula is C13H25ClN2O2. The van der Waals surface area contributed by atoms with E-state index in [9.17, 15) is 4.79 Å². The summed E-state index contributed by atoms with van der Waals surface area (Å²) in [7, 11) is 0. The molecule has 2 aliphatic heterocycles. The normalized spacial score (nSPS) is 29.4. The molecule has 0 radical (unpaired) electrons. The van der Waals surface area contributed by atoms with Gasteiger partial charge in [-0.15, -0.1) is 12.4 Å². The molecule has 2 aliphatic rings. The molecule has 0 aromatic carbocycles.